The molecule has 2 heterocycles. The minimum absolute atomic E-state index is 0.256. The molecule has 0 saturated carbocycles. The lowest BCUT2D eigenvalue weighted by molar-refractivity contribution is -0.134. The second kappa shape index (κ2) is 8.49. The molecule has 0 bridgehead atoms. The van der Waals surface area contributed by atoms with Crippen LogP contribution in [0, 0.1) is 0 Å². The number of esters is 1. The number of thiophene rings is 1. The predicted molar refractivity (Wildman–Crippen MR) is 104 cm³/mol. The lowest BCUT2D eigenvalue weighted by Crippen LogP contribution is -2.33. The first kappa shape index (κ1) is 19.3. The number of fused-ring (bicyclic) bond motifs is 1. The second-order valence-corrected chi connectivity index (χ2v) is 7.60. The van der Waals surface area contributed by atoms with E-state index in [9.17, 15) is 9.59 Å². The Kier molecular flexibility index (Phi) is 6.08. The fraction of sp³-hybridized carbons (Fsp3) is 0.333. The summed E-state index contributed by atoms with van der Waals surface area (Å²) < 4.78 is 7.61. The first-order chi connectivity index (χ1) is 13.0. The molecule has 0 radical (unpaired) electrons. The number of benzene rings is 1. The van der Waals surface area contributed by atoms with Crippen LogP contribution < -0.4 is 0 Å². The van der Waals surface area contributed by atoms with Crippen LogP contribution in [0.4, 0.5) is 0 Å². The van der Waals surface area contributed by atoms with Crippen molar-refractivity contribution in [1.29, 1.82) is 0 Å². The number of amides is 1. The van der Waals surface area contributed by atoms with Gasteiger partial charge in [-0.2, -0.15) is 0 Å². The van der Waals surface area contributed by atoms with Crippen LogP contribution in [0.25, 0.3) is 11.0 Å². The third-order valence-electron chi connectivity index (χ3n) is 4.09. The fourth-order valence-electron chi connectivity index (χ4n) is 2.64. The maximum absolute atomic E-state index is 12.4. The minimum Gasteiger partial charge on any atom is -0.452 e. The molecule has 0 aliphatic heterocycles. The van der Waals surface area contributed by atoms with Crippen LogP contribution in [0.5, 0.6) is 0 Å². The number of hydrogen-bond acceptors (Lipinski definition) is 6. The molecule has 3 rings (SSSR count). The van der Waals surface area contributed by atoms with Crippen molar-refractivity contribution in [3.63, 3.8) is 0 Å². The van der Waals surface area contributed by atoms with Gasteiger partial charge in [-0.15, -0.1) is 16.4 Å². The van der Waals surface area contributed by atoms with Crippen molar-refractivity contribution in [1.82, 2.24) is 19.9 Å². The van der Waals surface area contributed by atoms with Crippen LogP contribution in [0.2, 0.25) is 4.34 Å². The molecule has 1 amide bonds. The Morgan fingerprint density at radius 2 is 2.07 bits per heavy atom. The Bertz CT molecular complexity index is 969. The highest BCUT2D eigenvalue weighted by Crippen LogP contribution is 2.22. The molecule has 0 aliphatic rings. The highest BCUT2D eigenvalue weighted by molar-refractivity contribution is 7.16. The number of carbonyl (C=O) groups excluding carboxylic acids is 2. The molecule has 0 saturated heterocycles. The number of carbonyl (C=O) groups is 2. The van der Waals surface area contributed by atoms with Crippen molar-refractivity contribution in [2.75, 3.05) is 13.2 Å². The number of aromatic nitrogens is 3. The highest BCUT2D eigenvalue weighted by atomic mass is 35.5. The van der Waals surface area contributed by atoms with Gasteiger partial charge in [-0.05, 0) is 44.2 Å². The number of ether oxygens (including phenoxy) is 1. The van der Waals surface area contributed by atoms with Crippen LogP contribution in [0.3, 0.4) is 0 Å². The second-order valence-electron chi connectivity index (χ2n) is 5.80. The molecule has 0 unspecified atom stereocenters. The lowest BCUT2D eigenvalue weighted by atomic mass is 10.2. The van der Waals surface area contributed by atoms with Gasteiger partial charge in [-0.25, -0.2) is 9.48 Å². The van der Waals surface area contributed by atoms with Gasteiger partial charge in [0, 0.05) is 18.0 Å². The van der Waals surface area contributed by atoms with E-state index in [0.29, 0.717) is 35.1 Å². The zero-order chi connectivity index (χ0) is 19.4. The summed E-state index contributed by atoms with van der Waals surface area (Å²) in [6.45, 7) is 5.17. The first-order valence-corrected chi connectivity index (χ1v) is 9.73. The third-order valence-corrected chi connectivity index (χ3v) is 5.30. The van der Waals surface area contributed by atoms with E-state index >= 15 is 0 Å². The van der Waals surface area contributed by atoms with Gasteiger partial charge in [-0.3, -0.25) is 4.79 Å². The summed E-state index contributed by atoms with van der Waals surface area (Å²) in [5, 5.41) is 8.05. The number of rotatable bonds is 7. The Labute approximate surface area is 165 Å². The normalized spacial score (nSPS) is 10.9. The van der Waals surface area contributed by atoms with Gasteiger partial charge in [0.15, 0.2) is 6.61 Å². The van der Waals surface area contributed by atoms with E-state index in [1.807, 2.05) is 19.9 Å². The van der Waals surface area contributed by atoms with Gasteiger partial charge in [0.05, 0.1) is 22.0 Å². The van der Waals surface area contributed by atoms with E-state index in [1.165, 1.54) is 11.3 Å². The smallest absolute Gasteiger partial charge is 0.338 e. The average Bonchev–Trinajstić information content (AvgIpc) is 3.28. The summed E-state index contributed by atoms with van der Waals surface area (Å²) >= 11 is 7.35. The van der Waals surface area contributed by atoms with Crippen LogP contribution in [-0.2, 0) is 22.6 Å². The maximum atomic E-state index is 12.4. The highest BCUT2D eigenvalue weighted by Gasteiger charge is 2.17. The quantitative estimate of drug-likeness (QED) is 0.562. The molecule has 0 atom stereocenters. The number of nitrogens with zero attached hydrogens (tertiary/aromatic N) is 4. The van der Waals surface area contributed by atoms with E-state index in [-0.39, 0.29) is 12.5 Å². The maximum Gasteiger partial charge on any atom is 0.338 e. The van der Waals surface area contributed by atoms with E-state index in [0.717, 1.165) is 10.4 Å². The van der Waals surface area contributed by atoms with Gasteiger partial charge >= 0.3 is 5.97 Å². The van der Waals surface area contributed by atoms with Crippen molar-refractivity contribution in [3.05, 3.63) is 45.1 Å². The summed E-state index contributed by atoms with van der Waals surface area (Å²) in [6, 6.07) is 8.72. The zero-order valence-corrected chi connectivity index (χ0v) is 16.6. The summed E-state index contributed by atoms with van der Waals surface area (Å²) in [5.74, 6) is -0.820. The molecular weight excluding hydrogens is 388 g/mol. The van der Waals surface area contributed by atoms with E-state index in [1.54, 1.807) is 33.8 Å². The summed E-state index contributed by atoms with van der Waals surface area (Å²) in [7, 11) is 0. The number of halogens is 1. The van der Waals surface area contributed by atoms with Crippen molar-refractivity contribution in [2.24, 2.45) is 0 Å². The summed E-state index contributed by atoms with van der Waals surface area (Å²) in [5.41, 5.74) is 1.80. The molecule has 9 heteroatoms. The third kappa shape index (κ3) is 4.45. The van der Waals surface area contributed by atoms with Gasteiger partial charge in [-0.1, -0.05) is 16.8 Å². The summed E-state index contributed by atoms with van der Waals surface area (Å²) in [4.78, 5) is 27.2. The molecule has 7 nitrogen and oxygen atoms in total. The monoisotopic (exact) mass is 406 g/mol. The molecule has 142 valence electrons. The van der Waals surface area contributed by atoms with Crippen LogP contribution in [0.15, 0.2) is 30.3 Å². The Morgan fingerprint density at radius 3 is 2.74 bits per heavy atom. The molecule has 0 aliphatic carbocycles. The standard InChI is InChI=1S/C18H19ClN4O3S/c1-3-22(10-13-6-8-16(19)27-13)17(24)11-26-18(25)12-5-7-15-14(9-12)20-21-23(15)4-2/h5-9H,3-4,10-11H2,1-2H3. The molecule has 0 spiro atoms. The number of hydrogen-bond donors (Lipinski definition) is 0. The molecule has 2 aromatic heterocycles. The molecule has 0 N–H and O–H groups in total. The predicted octanol–water partition coefficient (Wildman–Crippen LogP) is 3.37. The Morgan fingerprint density at radius 1 is 1.26 bits per heavy atom. The largest absolute Gasteiger partial charge is 0.452 e. The first-order valence-electron chi connectivity index (χ1n) is 8.54. The number of aryl methyl sites for hydroxylation is 1. The van der Waals surface area contributed by atoms with Gasteiger partial charge < -0.3 is 9.64 Å². The molecule has 1 aromatic carbocycles. The lowest BCUT2D eigenvalue weighted by Gasteiger charge is -2.19. The van der Waals surface area contributed by atoms with Crippen molar-refractivity contribution >= 4 is 45.8 Å². The van der Waals surface area contributed by atoms with Crippen molar-refractivity contribution in [3.8, 4) is 0 Å². The van der Waals surface area contributed by atoms with E-state index in [4.69, 9.17) is 16.3 Å². The molecule has 27 heavy (non-hydrogen) atoms. The topological polar surface area (TPSA) is 77.3 Å². The van der Waals surface area contributed by atoms with Gasteiger partial charge in [0.25, 0.3) is 5.91 Å². The fourth-order valence-corrected chi connectivity index (χ4v) is 3.74. The van der Waals surface area contributed by atoms with Gasteiger partial charge in [0.1, 0.15) is 5.52 Å². The van der Waals surface area contributed by atoms with E-state index in [2.05, 4.69) is 10.3 Å². The minimum atomic E-state index is -0.563. The van der Waals surface area contributed by atoms with Crippen molar-refractivity contribution in [2.45, 2.75) is 26.9 Å². The van der Waals surface area contributed by atoms with Gasteiger partial charge in [0.2, 0.25) is 0 Å². The zero-order valence-electron chi connectivity index (χ0n) is 15.0. The van der Waals surface area contributed by atoms with Crippen LogP contribution in [-0.4, -0.2) is 44.9 Å². The Balaban J connectivity index is 1.61. The molecule has 0 fully saturated rings. The van der Waals surface area contributed by atoms with Crippen molar-refractivity contribution < 1.29 is 14.3 Å². The van der Waals surface area contributed by atoms with Crippen LogP contribution >= 0.6 is 22.9 Å². The summed E-state index contributed by atoms with van der Waals surface area (Å²) in [6.07, 6.45) is 0. The average molecular weight is 407 g/mol. The number of likely N-dealkylation sites (N-methyl/N-ethyl adjacent to an activating group) is 1. The molecule has 3 aromatic rings. The SMILES string of the molecule is CCN(Cc1ccc(Cl)s1)C(=O)COC(=O)c1ccc2c(c1)nnn2CC. The Hall–Kier alpha value is -2.45. The van der Waals surface area contributed by atoms with Crippen LogP contribution in [0.1, 0.15) is 29.1 Å². The van der Waals surface area contributed by atoms with E-state index < -0.39 is 5.97 Å². The molecular formula is C18H19ClN4O3S.